The van der Waals surface area contributed by atoms with Crippen LogP contribution < -0.4 is 5.32 Å². The van der Waals surface area contributed by atoms with Gasteiger partial charge in [-0.15, -0.1) is 0 Å². The van der Waals surface area contributed by atoms with Gasteiger partial charge in [-0.25, -0.2) is 0 Å². The topological polar surface area (TPSA) is 42.7 Å². The van der Waals surface area contributed by atoms with Crippen molar-refractivity contribution >= 4 is 10.9 Å². The van der Waals surface area contributed by atoms with Crippen LogP contribution >= 0.6 is 0 Å². The SMILES string of the molecule is c1cncc(CNCCn2ncc3ccccc32)c1. The summed E-state index contributed by atoms with van der Waals surface area (Å²) in [5, 5.41) is 9.00. The van der Waals surface area contributed by atoms with Gasteiger partial charge in [0.05, 0.1) is 18.3 Å². The number of rotatable bonds is 5. The van der Waals surface area contributed by atoms with Gasteiger partial charge in [-0.2, -0.15) is 5.10 Å². The van der Waals surface area contributed by atoms with Gasteiger partial charge >= 0.3 is 0 Å². The molecule has 2 aromatic heterocycles. The number of pyridine rings is 1. The van der Waals surface area contributed by atoms with Crippen LogP contribution in [-0.4, -0.2) is 21.3 Å². The summed E-state index contributed by atoms with van der Waals surface area (Å²) in [7, 11) is 0. The van der Waals surface area contributed by atoms with Gasteiger partial charge in [0, 0.05) is 30.9 Å². The molecule has 0 bridgehead atoms. The molecule has 4 nitrogen and oxygen atoms in total. The standard InChI is InChI=1S/C15H16N4/c1-2-6-15-14(5-1)12-18-19(15)9-8-17-11-13-4-3-7-16-10-13/h1-7,10,12,17H,8-9,11H2. The molecule has 0 aliphatic carbocycles. The Bertz CT molecular complexity index is 645. The van der Waals surface area contributed by atoms with Gasteiger partial charge in [0.1, 0.15) is 0 Å². The maximum Gasteiger partial charge on any atom is 0.0682 e. The Kier molecular flexibility index (Phi) is 3.51. The molecule has 2 heterocycles. The first kappa shape index (κ1) is 11.9. The molecule has 0 radical (unpaired) electrons. The van der Waals surface area contributed by atoms with Crippen LogP contribution in [0.3, 0.4) is 0 Å². The van der Waals surface area contributed by atoms with Crippen molar-refractivity contribution in [3.8, 4) is 0 Å². The second-order valence-electron chi connectivity index (χ2n) is 4.46. The lowest BCUT2D eigenvalue weighted by Gasteiger charge is -2.06. The molecular formula is C15H16N4. The molecule has 0 amide bonds. The molecule has 3 aromatic rings. The van der Waals surface area contributed by atoms with E-state index in [0.29, 0.717) is 0 Å². The fraction of sp³-hybridized carbons (Fsp3) is 0.200. The molecule has 0 unspecified atom stereocenters. The van der Waals surface area contributed by atoms with Gasteiger partial charge in [-0.1, -0.05) is 24.3 Å². The van der Waals surface area contributed by atoms with Gasteiger partial charge in [0.15, 0.2) is 0 Å². The lowest BCUT2D eigenvalue weighted by Crippen LogP contribution is -2.20. The molecule has 0 aliphatic rings. The summed E-state index contributed by atoms with van der Waals surface area (Å²) in [6, 6.07) is 12.3. The third kappa shape index (κ3) is 2.80. The fourth-order valence-corrected chi connectivity index (χ4v) is 2.12. The van der Waals surface area contributed by atoms with Crippen molar-refractivity contribution in [3.05, 3.63) is 60.6 Å². The minimum absolute atomic E-state index is 0.840. The number of fused-ring (bicyclic) bond motifs is 1. The number of aromatic nitrogens is 3. The van der Waals surface area contributed by atoms with E-state index in [1.54, 1.807) is 6.20 Å². The average Bonchev–Trinajstić information content (AvgIpc) is 2.88. The van der Waals surface area contributed by atoms with Gasteiger partial charge < -0.3 is 5.32 Å². The summed E-state index contributed by atoms with van der Waals surface area (Å²) in [6.07, 6.45) is 5.59. The van der Waals surface area contributed by atoms with E-state index in [1.165, 1.54) is 16.5 Å². The van der Waals surface area contributed by atoms with Crippen molar-refractivity contribution in [2.45, 2.75) is 13.1 Å². The fourth-order valence-electron chi connectivity index (χ4n) is 2.12. The number of hydrogen-bond donors (Lipinski definition) is 1. The predicted molar refractivity (Wildman–Crippen MR) is 75.7 cm³/mol. The van der Waals surface area contributed by atoms with Crippen LogP contribution in [0.2, 0.25) is 0 Å². The van der Waals surface area contributed by atoms with Crippen LogP contribution in [0, 0.1) is 0 Å². The molecule has 1 aromatic carbocycles. The van der Waals surface area contributed by atoms with E-state index >= 15 is 0 Å². The Hall–Kier alpha value is -2.20. The second-order valence-corrected chi connectivity index (χ2v) is 4.46. The number of para-hydroxylation sites is 1. The van der Waals surface area contributed by atoms with Crippen molar-refractivity contribution in [3.63, 3.8) is 0 Å². The van der Waals surface area contributed by atoms with Gasteiger partial charge in [-0.05, 0) is 17.7 Å². The van der Waals surface area contributed by atoms with Crippen LogP contribution in [0.15, 0.2) is 55.0 Å². The molecule has 1 N–H and O–H groups in total. The minimum Gasteiger partial charge on any atom is -0.311 e. The highest BCUT2D eigenvalue weighted by molar-refractivity contribution is 5.78. The highest BCUT2D eigenvalue weighted by Gasteiger charge is 2.00. The average molecular weight is 252 g/mol. The Morgan fingerprint density at radius 2 is 2.00 bits per heavy atom. The summed E-state index contributed by atoms with van der Waals surface area (Å²) < 4.78 is 2.03. The Labute approximate surface area is 112 Å². The van der Waals surface area contributed by atoms with Crippen molar-refractivity contribution in [2.24, 2.45) is 0 Å². The zero-order chi connectivity index (χ0) is 12.9. The van der Waals surface area contributed by atoms with Crippen molar-refractivity contribution < 1.29 is 0 Å². The summed E-state index contributed by atoms with van der Waals surface area (Å²) in [4.78, 5) is 4.10. The summed E-state index contributed by atoms with van der Waals surface area (Å²) >= 11 is 0. The van der Waals surface area contributed by atoms with Crippen molar-refractivity contribution in [2.75, 3.05) is 6.54 Å². The molecule has 96 valence electrons. The highest BCUT2D eigenvalue weighted by atomic mass is 15.3. The Morgan fingerprint density at radius 1 is 1.05 bits per heavy atom. The Morgan fingerprint density at radius 3 is 2.89 bits per heavy atom. The van der Waals surface area contributed by atoms with E-state index in [1.807, 2.05) is 35.3 Å². The van der Waals surface area contributed by atoms with E-state index < -0.39 is 0 Å². The predicted octanol–water partition coefficient (Wildman–Crippen LogP) is 2.22. The van der Waals surface area contributed by atoms with E-state index in [-0.39, 0.29) is 0 Å². The van der Waals surface area contributed by atoms with E-state index in [9.17, 15) is 0 Å². The molecular weight excluding hydrogens is 236 g/mol. The third-order valence-corrected chi connectivity index (χ3v) is 3.10. The first-order valence-electron chi connectivity index (χ1n) is 6.44. The number of nitrogens with zero attached hydrogens (tertiary/aromatic N) is 3. The van der Waals surface area contributed by atoms with Gasteiger partial charge in [0.25, 0.3) is 0 Å². The summed E-state index contributed by atoms with van der Waals surface area (Å²) in [6.45, 7) is 2.60. The van der Waals surface area contributed by atoms with E-state index in [2.05, 4.69) is 33.6 Å². The van der Waals surface area contributed by atoms with Crippen LogP contribution in [0.1, 0.15) is 5.56 Å². The quantitative estimate of drug-likeness (QED) is 0.708. The van der Waals surface area contributed by atoms with Crippen LogP contribution in [0.25, 0.3) is 10.9 Å². The normalized spacial score (nSPS) is 10.9. The first-order valence-corrected chi connectivity index (χ1v) is 6.44. The van der Waals surface area contributed by atoms with Crippen LogP contribution in [0.5, 0.6) is 0 Å². The molecule has 0 saturated carbocycles. The summed E-state index contributed by atoms with van der Waals surface area (Å²) in [5.74, 6) is 0. The second kappa shape index (κ2) is 5.63. The van der Waals surface area contributed by atoms with Crippen LogP contribution in [0.4, 0.5) is 0 Å². The molecule has 0 aliphatic heterocycles. The number of benzene rings is 1. The molecule has 19 heavy (non-hydrogen) atoms. The smallest absolute Gasteiger partial charge is 0.0682 e. The molecule has 0 fully saturated rings. The van der Waals surface area contributed by atoms with Gasteiger partial charge in [-0.3, -0.25) is 9.67 Å². The first-order chi connectivity index (χ1) is 9.43. The molecule has 4 heteroatoms. The summed E-state index contributed by atoms with van der Waals surface area (Å²) in [5.41, 5.74) is 2.39. The lowest BCUT2D eigenvalue weighted by molar-refractivity contribution is 0.567. The minimum atomic E-state index is 0.840. The molecule has 0 saturated heterocycles. The van der Waals surface area contributed by atoms with E-state index in [4.69, 9.17) is 0 Å². The maximum atomic E-state index is 4.40. The van der Waals surface area contributed by atoms with Crippen molar-refractivity contribution in [1.29, 1.82) is 0 Å². The van der Waals surface area contributed by atoms with Crippen LogP contribution in [-0.2, 0) is 13.1 Å². The monoisotopic (exact) mass is 252 g/mol. The molecule has 0 atom stereocenters. The number of hydrogen-bond acceptors (Lipinski definition) is 3. The van der Waals surface area contributed by atoms with Crippen molar-refractivity contribution in [1.82, 2.24) is 20.1 Å². The zero-order valence-electron chi connectivity index (χ0n) is 10.7. The Balaban J connectivity index is 1.55. The third-order valence-electron chi connectivity index (χ3n) is 3.10. The maximum absolute atomic E-state index is 4.40. The number of nitrogens with one attached hydrogen (secondary N) is 1. The molecule has 0 spiro atoms. The lowest BCUT2D eigenvalue weighted by atomic mass is 10.2. The van der Waals surface area contributed by atoms with Gasteiger partial charge in [0.2, 0.25) is 0 Å². The van der Waals surface area contributed by atoms with E-state index in [0.717, 1.165) is 19.6 Å². The zero-order valence-corrected chi connectivity index (χ0v) is 10.7. The molecule has 3 rings (SSSR count). The highest BCUT2D eigenvalue weighted by Crippen LogP contribution is 2.11. The largest absolute Gasteiger partial charge is 0.311 e.